The molecule has 10 heteroatoms. The molecule has 0 bridgehead atoms. The molecule has 0 saturated carbocycles. The van der Waals surface area contributed by atoms with Gasteiger partial charge in [0.1, 0.15) is 24.7 Å². The van der Waals surface area contributed by atoms with Crippen LogP contribution in [-0.2, 0) is 19.8 Å². The summed E-state index contributed by atoms with van der Waals surface area (Å²) in [5.41, 5.74) is 4.20. The van der Waals surface area contributed by atoms with Crippen molar-refractivity contribution in [3.05, 3.63) is 114 Å². The minimum atomic E-state index is 0.214. The third-order valence-electron chi connectivity index (χ3n) is 6.77. The molecule has 0 saturated heterocycles. The second-order valence-corrected chi connectivity index (χ2v) is 9.69. The Bertz CT molecular complexity index is 1820. The number of imidazole rings is 1. The highest BCUT2D eigenvalue weighted by Crippen LogP contribution is 2.31. The van der Waals surface area contributed by atoms with E-state index in [1.807, 2.05) is 90.9 Å². The number of aryl methyl sites for hydroxylation is 2. The van der Waals surface area contributed by atoms with Crippen molar-refractivity contribution in [2.24, 2.45) is 0 Å². The zero-order valence-electron chi connectivity index (χ0n) is 24.1. The molecule has 218 valence electrons. The number of aromatic nitrogens is 5. The Morgan fingerprint density at radius 3 is 2.58 bits per heavy atom. The number of nitrogens with zero attached hydrogens (tertiary/aromatic N) is 5. The summed E-state index contributed by atoms with van der Waals surface area (Å²) in [6, 6.07) is 19.2. The highest BCUT2D eigenvalue weighted by molar-refractivity contribution is 5.70. The van der Waals surface area contributed by atoms with E-state index in [2.05, 4.69) is 16.9 Å². The summed E-state index contributed by atoms with van der Waals surface area (Å²) >= 11 is 0. The van der Waals surface area contributed by atoms with Crippen LogP contribution in [0.1, 0.15) is 35.2 Å². The Kier molecular flexibility index (Phi) is 8.08. The summed E-state index contributed by atoms with van der Waals surface area (Å²) < 4.78 is 32.8. The maximum Gasteiger partial charge on any atom is 0.263 e. The molecule has 2 aromatic carbocycles. The Morgan fingerprint density at radius 1 is 0.930 bits per heavy atom. The molecular weight excluding hydrogens is 546 g/mol. The largest absolute Gasteiger partial charge is 0.493 e. The molecule has 0 spiro atoms. The normalized spacial score (nSPS) is 11.3. The monoisotopic (exact) mass is 577 g/mol. The van der Waals surface area contributed by atoms with E-state index in [1.54, 1.807) is 30.2 Å². The molecule has 0 atom stereocenters. The molecule has 6 aromatic rings. The van der Waals surface area contributed by atoms with Crippen LogP contribution in [0.15, 0.2) is 94.5 Å². The number of furan rings is 1. The first-order valence-electron chi connectivity index (χ1n) is 13.9. The van der Waals surface area contributed by atoms with Crippen LogP contribution in [0.4, 0.5) is 0 Å². The predicted molar refractivity (Wildman–Crippen MR) is 161 cm³/mol. The molecule has 0 aliphatic heterocycles. The lowest BCUT2D eigenvalue weighted by Gasteiger charge is -2.12. The number of oxazole rings is 1. The molecule has 43 heavy (non-hydrogen) atoms. The summed E-state index contributed by atoms with van der Waals surface area (Å²) in [5, 5.41) is 4.72. The number of hydrogen-bond acceptors (Lipinski definition) is 8. The van der Waals surface area contributed by atoms with Gasteiger partial charge in [-0.3, -0.25) is 0 Å². The lowest BCUT2D eigenvalue weighted by Crippen LogP contribution is -2.02. The van der Waals surface area contributed by atoms with Gasteiger partial charge in [-0.05, 0) is 68.0 Å². The summed E-state index contributed by atoms with van der Waals surface area (Å²) in [7, 11) is 1.60. The Hall–Kier alpha value is -5.51. The van der Waals surface area contributed by atoms with Crippen molar-refractivity contribution in [3.8, 4) is 34.7 Å². The zero-order valence-corrected chi connectivity index (χ0v) is 24.1. The minimum absolute atomic E-state index is 0.214. The number of hydrogen-bond donors (Lipinski definition) is 0. The fourth-order valence-corrected chi connectivity index (χ4v) is 4.41. The van der Waals surface area contributed by atoms with E-state index in [1.165, 1.54) is 0 Å². The SMILES string of the molecule is CCn1cnc(/C=C/c2cn(-c3ccccc3)nc2OCc2ccc(OCc3nc(-c4ccco4)oc3C)c(OC)c2)c1. The van der Waals surface area contributed by atoms with E-state index >= 15 is 0 Å². The summed E-state index contributed by atoms with van der Waals surface area (Å²) in [4.78, 5) is 8.95. The van der Waals surface area contributed by atoms with Crippen LogP contribution in [0.2, 0.25) is 0 Å². The molecule has 0 unspecified atom stereocenters. The lowest BCUT2D eigenvalue weighted by atomic mass is 10.2. The first-order chi connectivity index (χ1) is 21.1. The molecule has 0 fully saturated rings. The molecule has 0 amide bonds. The quantitative estimate of drug-likeness (QED) is 0.153. The molecule has 0 aliphatic rings. The van der Waals surface area contributed by atoms with Gasteiger partial charge in [0.2, 0.25) is 5.88 Å². The van der Waals surface area contributed by atoms with Gasteiger partial charge < -0.3 is 27.6 Å². The maximum atomic E-state index is 6.23. The van der Waals surface area contributed by atoms with E-state index in [-0.39, 0.29) is 13.2 Å². The van der Waals surface area contributed by atoms with Gasteiger partial charge in [0.25, 0.3) is 5.89 Å². The molecule has 10 nitrogen and oxygen atoms in total. The van der Waals surface area contributed by atoms with Crippen molar-refractivity contribution in [2.75, 3.05) is 7.11 Å². The zero-order chi connectivity index (χ0) is 29.6. The fourth-order valence-electron chi connectivity index (χ4n) is 4.41. The summed E-state index contributed by atoms with van der Waals surface area (Å²) in [5.74, 6) is 3.31. The van der Waals surface area contributed by atoms with Gasteiger partial charge in [-0.1, -0.05) is 24.3 Å². The van der Waals surface area contributed by atoms with E-state index in [0.717, 1.165) is 29.1 Å². The third-order valence-corrected chi connectivity index (χ3v) is 6.77. The van der Waals surface area contributed by atoms with Gasteiger partial charge in [-0.15, -0.1) is 5.10 Å². The summed E-state index contributed by atoms with van der Waals surface area (Å²) in [6.45, 7) is 5.28. The fraction of sp³-hybridized carbons (Fsp3) is 0.182. The second kappa shape index (κ2) is 12.6. The number of benzene rings is 2. The highest BCUT2D eigenvalue weighted by Gasteiger charge is 2.16. The van der Waals surface area contributed by atoms with E-state index in [9.17, 15) is 0 Å². The van der Waals surface area contributed by atoms with Crippen molar-refractivity contribution in [2.45, 2.75) is 33.6 Å². The number of para-hydroxylation sites is 1. The molecule has 6 rings (SSSR count). The minimum Gasteiger partial charge on any atom is -0.493 e. The van der Waals surface area contributed by atoms with Crippen molar-refractivity contribution >= 4 is 12.2 Å². The van der Waals surface area contributed by atoms with Gasteiger partial charge >= 0.3 is 0 Å². The first kappa shape index (κ1) is 27.6. The van der Waals surface area contributed by atoms with E-state index < -0.39 is 0 Å². The number of rotatable bonds is 12. The highest BCUT2D eigenvalue weighted by atomic mass is 16.5. The van der Waals surface area contributed by atoms with Crippen molar-refractivity contribution in [3.63, 3.8) is 0 Å². The smallest absolute Gasteiger partial charge is 0.263 e. The maximum absolute atomic E-state index is 6.23. The average Bonchev–Trinajstić information content (AvgIpc) is 3.86. The van der Waals surface area contributed by atoms with Crippen molar-refractivity contribution < 1.29 is 23.0 Å². The Balaban J connectivity index is 1.17. The molecule has 0 aliphatic carbocycles. The van der Waals surface area contributed by atoms with E-state index in [4.69, 9.17) is 28.1 Å². The van der Waals surface area contributed by atoms with Crippen LogP contribution in [-0.4, -0.2) is 31.4 Å². The van der Waals surface area contributed by atoms with Gasteiger partial charge in [0, 0.05) is 18.9 Å². The third kappa shape index (κ3) is 6.38. The van der Waals surface area contributed by atoms with Gasteiger partial charge in [0.05, 0.1) is 36.6 Å². The van der Waals surface area contributed by atoms with Crippen molar-refractivity contribution in [1.82, 2.24) is 24.3 Å². The molecule has 4 heterocycles. The van der Waals surface area contributed by atoms with Crippen LogP contribution in [0.25, 0.3) is 29.5 Å². The summed E-state index contributed by atoms with van der Waals surface area (Å²) in [6.07, 6.45) is 11.3. The van der Waals surface area contributed by atoms with Crippen LogP contribution < -0.4 is 14.2 Å². The van der Waals surface area contributed by atoms with Gasteiger partial charge in [0.15, 0.2) is 17.3 Å². The molecule has 4 aromatic heterocycles. The topological polar surface area (TPSA) is 103 Å². The van der Waals surface area contributed by atoms with Crippen LogP contribution in [0, 0.1) is 6.92 Å². The average molecular weight is 578 g/mol. The van der Waals surface area contributed by atoms with Crippen LogP contribution >= 0.6 is 0 Å². The van der Waals surface area contributed by atoms with Crippen LogP contribution in [0.3, 0.4) is 0 Å². The van der Waals surface area contributed by atoms with Crippen molar-refractivity contribution in [1.29, 1.82) is 0 Å². The first-order valence-corrected chi connectivity index (χ1v) is 13.9. The molecular formula is C33H31N5O5. The molecule has 0 radical (unpaired) electrons. The van der Waals surface area contributed by atoms with Crippen LogP contribution in [0.5, 0.6) is 17.4 Å². The Morgan fingerprint density at radius 2 is 1.81 bits per heavy atom. The second-order valence-electron chi connectivity index (χ2n) is 9.69. The predicted octanol–water partition coefficient (Wildman–Crippen LogP) is 6.98. The van der Waals surface area contributed by atoms with Gasteiger partial charge in [-0.25, -0.2) is 14.6 Å². The molecule has 0 N–H and O–H groups in total. The standard InChI is InChI=1S/C33H31N5O5/c1-4-37-19-26(34-22-37)14-13-25-18-38(27-9-6-5-7-10-27)36-32(25)42-20-24-12-15-29(31(17-24)39-3)41-21-28-23(2)43-33(35-28)30-11-8-16-40-30/h5-19,22H,4,20-21H2,1-3H3/b14-13+. The number of ether oxygens (including phenoxy) is 3. The number of methoxy groups -OCH3 is 1. The Labute approximate surface area is 248 Å². The van der Waals surface area contributed by atoms with Gasteiger partial charge in [-0.2, -0.15) is 0 Å². The van der Waals surface area contributed by atoms with E-state index in [0.29, 0.717) is 40.5 Å². The lowest BCUT2D eigenvalue weighted by molar-refractivity contribution is 0.275.